The van der Waals surface area contributed by atoms with Crippen molar-refractivity contribution in [3.05, 3.63) is 24.4 Å². The van der Waals surface area contributed by atoms with Gasteiger partial charge >= 0.3 is 0 Å². The third-order valence-corrected chi connectivity index (χ3v) is 5.30. The van der Waals surface area contributed by atoms with Crippen LogP contribution in [0.15, 0.2) is 29.3 Å². The molecule has 1 heterocycles. The first kappa shape index (κ1) is 13.5. The van der Waals surface area contributed by atoms with Crippen LogP contribution in [-0.2, 0) is 10.0 Å². The lowest BCUT2D eigenvalue weighted by molar-refractivity contribution is 0.134. The Balaban J connectivity index is 1.76. The molecule has 0 aliphatic heterocycles. The van der Waals surface area contributed by atoms with Crippen molar-refractivity contribution in [3.8, 4) is 0 Å². The van der Waals surface area contributed by atoms with E-state index in [4.69, 9.17) is 0 Å². The Hall–Kier alpha value is -1.44. The first-order chi connectivity index (χ1) is 9.56. The summed E-state index contributed by atoms with van der Waals surface area (Å²) in [7, 11) is -3.55. The van der Waals surface area contributed by atoms with Crippen molar-refractivity contribution in [1.82, 2.24) is 14.9 Å². The number of sulfonamides is 1. The van der Waals surface area contributed by atoms with Gasteiger partial charge in [-0.25, -0.2) is 13.1 Å². The van der Waals surface area contributed by atoms with Crippen molar-refractivity contribution >= 4 is 20.9 Å². The van der Waals surface area contributed by atoms with E-state index in [1.54, 1.807) is 24.4 Å². The number of fused-ring (bicyclic) bond motifs is 1. The fourth-order valence-electron chi connectivity index (χ4n) is 2.64. The van der Waals surface area contributed by atoms with E-state index in [9.17, 15) is 13.5 Å². The summed E-state index contributed by atoms with van der Waals surface area (Å²) in [6.07, 6.45) is 3.82. The van der Waals surface area contributed by atoms with Gasteiger partial charge in [0.25, 0.3) is 0 Å². The van der Waals surface area contributed by atoms with Gasteiger partial charge in [-0.15, -0.1) is 0 Å². The second-order valence-corrected chi connectivity index (χ2v) is 7.00. The largest absolute Gasteiger partial charge is 0.393 e. The van der Waals surface area contributed by atoms with E-state index in [0.717, 1.165) is 24.6 Å². The predicted molar refractivity (Wildman–Crippen MR) is 74.6 cm³/mol. The monoisotopic (exact) mass is 295 g/mol. The van der Waals surface area contributed by atoms with Crippen molar-refractivity contribution in [1.29, 1.82) is 0 Å². The van der Waals surface area contributed by atoms with E-state index in [-0.39, 0.29) is 17.4 Å². The molecule has 3 N–H and O–H groups in total. The molecule has 0 bridgehead atoms. The Kier molecular flexibility index (Phi) is 3.49. The lowest BCUT2D eigenvalue weighted by Gasteiger charge is -2.15. The van der Waals surface area contributed by atoms with Crippen LogP contribution in [0.1, 0.15) is 19.3 Å². The van der Waals surface area contributed by atoms with Gasteiger partial charge in [0.1, 0.15) is 0 Å². The van der Waals surface area contributed by atoms with E-state index in [1.165, 1.54) is 0 Å². The highest BCUT2D eigenvalue weighted by Crippen LogP contribution is 2.25. The minimum Gasteiger partial charge on any atom is -0.393 e. The van der Waals surface area contributed by atoms with Crippen molar-refractivity contribution < 1.29 is 13.5 Å². The third-order valence-electron chi connectivity index (χ3n) is 3.88. The number of aliphatic hydroxyl groups excluding tert-OH is 1. The zero-order chi connectivity index (χ0) is 14.2. The van der Waals surface area contributed by atoms with E-state index in [2.05, 4.69) is 14.9 Å². The number of aromatic amines is 1. The van der Waals surface area contributed by atoms with Gasteiger partial charge in [0.15, 0.2) is 0 Å². The molecule has 0 saturated heterocycles. The lowest BCUT2D eigenvalue weighted by atomic mass is 10.1. The number of aliphatic hydroxyl groups is 1. The van der Waals surface area contributed by atoms with Crippen molar-refractivity contribution in [2.24, 2.45) is 5.92 Å². The number of nitrogens with one attached hydrogen (secondary N) is 2. The summed E-state index contributed by atoms with van der Waals surface area (Å²) >= 11 is 0. The quantitative estimate of drug-likeness (QED) is 0.784. The summed E-state index contributed by atoms with van der Waals surface area (Å²) in [6, 6.07) is 4.85. The summed E-state index contributed by atoms with van der Waals surface area (Å²) in [5.41, 5.74) is 0.689. The summed E-state index contributed by atoms with van der Waals surface area (Å²) in [4.78, 5) is 0.210. The van der Waals surface area contributed by atoms with Gasteiger partial charge in [-0.3, -0.25) is 5.10 Å². The number of benzene rings is 1. The zero-order valence-corrected chi connectivity index (χ0v) is 11.7. The number of hydrogen-bond acceptors (Lipinski definition) is 4. The van der Waals surface area contributed by atoms with Crippen LogP contribution in [0, 0.1) is 5.92 Å². The molecular weight excluding hydrogens is 278 g/mol. The molecule has 1 aromatic heterocycles. The molecule has 0 radical (unpaired) electrons. The standard InChI is InChI=1S/C13H17N3O3S/c17-13-3-1-2-10(13)8-15-20(18,19)11-5-4-9-7-14-16-12(9)6-11/h4-7,10,13,15,17H,1-3,8H2,(H,14,16)/t10-,13-/m0/s1. The average Bonchev–Trinajstić information content (AvgIpc) is 3.04. The minimum atomic E-state index is -3.55. The van der Waals surface area contributed by atoms with E-state index in [0.29, 0.717) is 5.52 Å². The van der Waals surface area contributed by atoms with Gasteiger partial charge in [0.05, 0.1) is 22.7 Å². The Morgan fingerprint density at radius 2 is 2.25 bits per heavy atom. The highest BCUT2D eigenvalue weighted by Gasteiger charge is 2.26. The molecule has 1 saturated carbocycles. The van der Waals surface area contributed by atoms with Crippen LogP contribution >= 0.6 is 0 Å². The molecule has 1 aromatic carbocycles. The molecule has 7 heteroatoms. The average molecular weight is 295 g/mol. The molecule has 1 aliphatic rings. The van der Waals surface area contributed by atoms with Gasteiger partial charge in [-0.05, 0) is 37.0 Å². The van der Waals surface area contributed by atoms with Gasteiger partial charge < -0.3 is 5.11 Å². The maximum Gasteiger partial charge on any atom is 0.240 e. The minimum absolute atomic E-state index is 0.0145. The number of nitrogens with zero attached hydrogens (tertiary/aromatic N) is 1. The van der Waals surface area contributed by atoms with Gasteiger partial charge in [-0.1, -0.05) is 6.42 Å². The molecule has 108 valence electrons. The number of rotatable bonds is 4. The Bertz CT molecular complexity index is 710. The maximum absolute atomic E-state index is 12.2. The SMILES string of the molecule is O=S(=O)(NC[C@@H]1CCC[C@@H]1O)c1ccc2cn[nH]c2c1. The highest BCUT2D eigenvalue weighted by atomic mass is 32.2. The normalized spacial score (nSPS) is 23.4. The van der Waals surface area contributed by atoms with Crippen LogP contribution in [0.4, 0.5) is 0 Å². The molecule has 1 fully saturated rings. The van der Waals surface area contributed by atoms with Crippen molar-refractivity contribution in [2.45, 2.75) is 30.3 Å². The van der Waals surface area contributed by atoms with Gasteiger partial charge in [0, 0.05) is 11.9 Å². The van der Waals surface area contributed by atoms with Crippen LogP contribution in [0.25, 0.3) is 10.9 Å². The zero-order valence-electron chi connectivity index (χ0n) is 10.9. The Morgan fingerprint density at radius 3 is 3.00 bits per heavy atom. The second kappa shape index (κ2) is 5.16. The number of H-pyrrole nitrogens is 1. The Morgan fingerprint density at radius 1 is 1.40 bits per heavy atom. The van der Waals surface area contributed by atoms with E-state index >= 15 is 0 Å². The number of aromatic nitrogens is 2. The summed E-state index contributed by atoms with van der Waals surface area (Å²) in [6.45, 7) is 0.282. The van der Waals surface area contributed by atoms with Gasteiger partial charge in [-0.2, -0.15) is 5.10 Å². The molecular formula is C13H17N3O3S. The predicted octanol–water partition coefficient (Wildman–Crippen LogP) is 1.00. The molecule has 2 aromatic rings. The fourth-order valence-corrected chi connectivity index (χ4v) is 3.76. The van der Waals surface area contributed by atoms with Crippen molar-refractivity contribution in [3.63, 3.8) is 0 Å². The van der Waals surface area contributed by atoms with Crippen LogP contribution in [-0.4, -0.2) is 36.4 Å². The molecule has 2 atom stereocenters. The molecule has 6 nitrogen and oxygen atoms in total. The molecule has 0 amide bonds. The smallest absolute Gasteiger partial charge is 0.240 e. The molecule has 0 unspecified atom stereocenters. The molecule has 0 spiro atoms. The molecule has 1 aliphatic carbocycles. The summed E-state index contributed by atoms with van der Waals surface area (Å²) < 4.78 is 27.1. The molecule has 20 heavy (non-hydrogen) atoms. The Labute approximate surface area is 117 Å². The first-order valence-electron chi connectivity index (χ1n) is 6.67. The summed E-state index contributed by atoms with van der Waals surface area (Å²) in [5, 5.41) is 17.2. The highest BCUT2D eigenvalue weighted by molar-refractivity contribution is 7.89. The third kappa shape index (κ3) is 2.56. The van der Waals surface area contributed by atoms with E-state index in [1.807, 2.05) is 0 Å². The van der Waals surface area contributed by atoms with Crippen LogP contribution < -0.4 is 4.72 Å². The fraction of sp³-hybridized carbons (Fsp3) is 0.462. The van der Waals surface area contributed by atoms with E-state index < -0.39 is 16.1 Å². The van der Waals surface area contributed by atoms with Crippen LogP contribution in [0.5, 0.6) is 0 Å². The maximum atomic E-state index is 12.2. The van der Waals surface area contributed by atoms with Crippen LogP contribution in [0.2, 0.25) is 0 Å². The lowest BCUT2D eigenvalue weighted by Crippen LogP contribution is -2.32. The second-order valence-electron chi connectivity index (χ2n) is 5.23. The molecule has 3 rings (SSSR count). The van der Waals surface area contributed by atoms with Crippen molar-refractivity contribution in [2.75, 3.05) is 6.54 Å². The topological polar surface area (TPSA) is 95.1 Å². The van der Waals surface area contributed by atoms with Crippen LogP contribution in [0.3, 0.4) is 0 Å². The number of hydrogen-bond donors (Lipinski definition) is 3. The first-order valence-corrected chi connectivity index (χ1v) is 8.15. The van der Waals surface area contributed by atoms with Gasteiger partial charge in [0.2, 0.25) is 10.0 Å². The summed E-state index contributed by atoms with van der Waals surface area (Å²) in [5.74, 6) is 0.0145.